The van der Waals surface area contributed by atoms with E-state index in [9.17, 15) is 9.90 Å². The quantitative estimate of drug-likeness (QED) is 0.225. The van der Waals surface area contributed by atoms with Crippen LogP contribution >= 0.6 is 11.6 Å². The Labute approximate surface area is 255 Å². The van der Waals surface area contributed by atoms with Gasteiger partial charge in [-0.05, 0) is 80.0 Å². The van der Waals surface area contributed by atoms with Crippen molar-refractivity contribution in [3.63, 3.8) is 0 Å². The second-order valence-electron chi connectivity index (χ2n) is 12.0. The van der Waals surface area contributed by atoms with E-state index in [0.29, 0.717) is 41.3 Å². The Bertz CT molecular complexity index is 1870. The van der Waals surface area contributed by atoms with Crippen LogP contribution in [0, 0.1) is 11.8 Å². The van der Waals surface area contributed by atoms with Crippen molar-refractivity contribution in [2.45, 2.75) is 32.2 Å². The molecule has 2 aliphatic rings. The van der Waals surface area contributed by atoms with Gasteiger partial charge in [-0.2, -0.15) is 0 Å². The molecule has 0 bridgehead atoms. The van der Waals surface area contributed by atoms with Gasteiger partial charge in [0.1, 0.15) is 17.0 Å². The lowest BCUT2D eigenvalue weighted by Gasteiger charge is -2.32. The fraction of sp³-hybridized carbons (Fsp3) is 0.353. The molecule has 3 aromatic carbocycles. The van der Waals surface area contributed by atoms with Crippen LogP contribution in [0.1, 0.15) is 36.0 Å². The predicted molar refractivity (Wildman–Crippen MR) is 171 cm³/mol. The number of phenols is 1. The maximum Gasteiger partial charge on any atom is 0.254 e. The molecule has 7 rings (SSSR count). The number of phenolic OH excluding ortho intramolecular Hbond substituents is 1. The molecule has 0 unspecified atom stereocenters. The van der Waals surface area contributed by atoms with Crippen molar-refractivity contribution in [1.29, 1.82) is 0 Å². The number of hydrogen-bond donors (Lipinski definition) is 2. The van der Waals surface area contributed by atoms with Crippen LogP contribution in [0.15, 0.2) is 54.6 Å². The van der Waals surface area contributed by atoms with E-state index in [0.717, 1.165) is 70.5 Å². The Morgan fingerprint density at radius 3 is 2.67 bits per heavy atom. The SMILES string of the molecule is COc1cc(C(=O)N2CCC[C@@H](CN)C2)cc2nc(-c3cc4cccc(-c5ccc(O)c(Cl)c5)c4n3CC3CC3)n(C)c12. The van der Waals surface area contributed by atoms with Gasteiger partial charge in [-0.25, -0.2) is 4.98 Å². The summed E-state index contributed by atoms with van der Waals surface area (Å²) in [5, 5.41) is 11.5. The summed E-state index contributed by atoms with van der Waals surface area (Å²) in [5.74, 6) is 2.44. The number of aromatic hydroxyl groups is 1. The normalized spacial score (nSPS) is 17.2. The van der Waals surface area contributed by atoms with Gasteiger partial charge in [0.05, 0.1) is 28.9 Å². The van der Waals surface area contributed by atoms with Crippen molar-refractivity contribution >= 4 is 39.4 Å². The number of aryl methyl sites for hydroxylation is 1. The highest BCUT2D eigenvalue weighted by Gasteiger charge is 2.29. The molecular formula is C34H36ClN5O3. The first-order valence-electron chi connectivity index (χ1n) is 15.0. The fourth-order valence-corrected chi connectivity index (χ4v) is 6.79. The molecule has 8 nitrogen and oxygen atoms in total. The molecule has 9 heteroatoms. The number of likely N-dealkylation sites (tertiary alicyclic amines) is 1. The number of benzene rings is 3. The van der Waals surface area contributed by atoms with Gasteiger partial charge in [0, 0.05) is 43.2 Å². The van der Waals surface area contributed by atoms with Gasteiger partial charge in [0.2, 0.25) is 0 Å². The second-order valence-corrected chi connectivity index (χ2v) is 12.4. The number of imidazole rings is 1. The Morgan fingerprint density at radius 2 is 1.93 bits per heavy atom. The molecule has 0 radical (unpaired) electrons. The van der Waals surface area contributed by atoms with E-state index < -0.39 is 0 Å². The minimum absolute atomic E-state index is 0.00870. The number of nitrogens with two attached hydrogens (primary N) is 1. The van der Waals surface area contributed by atoms with Crippen molar-refractivity contribution in [3.8, 4) is 34.1 Å². The molecule has 5 aromatic rings. The largest absolute Gasteiger partial charge is 0.506 e. The van der Waals surface area contributed by atoms with Crippen LogP contribution in [0.3, 0.4) is 0 Å². The molecule has 2 fully saturated rings. The summed E-state index contributed by atoms with van der Waals surface area (Å²) in [7, 11) is 3.64. The minimum Gasteiger partial charge on any atom is -0.506 e. The molecule has 1 saturated heterocycles. The first-order valence-corrected chi connectivity index (χ1v) is 15.4. The first-order chi connectivity index (χ1) is 20.9. The van der Waals surface area contributed by atoms with Crippen molar-refractivity contribution in [1.82, 2.24) is 19.0 Å². The molecule has 1 aliphatic heterocycles. The number of carbonyl (C=O) groups is 1. The zero-order valence-electron chi connectivity index (χ0n) is 24.5. The van der Waals surface area contributed by atoms with Crippen LogP contribution in [0.25, 0.3) is 44.6 Å². The molecule has 3 N–H and O–H groups in total. The van der Waals surface area contributed by atoms with E-state index in [-0.39, 0.29) is 11.7 Å². The number of rotatable bonds is 7. The van der Waals surface area contributed by atoms with Gasteiger partial charge in [0.25, 0.3) is 5.91 Å². The van der Waals surface area contributed by atoms with Crippen molar-refractivity contribution < 1.29 is 14.6 Å². The number of hydrogen-bond acceptors (Lipinski definition) is 5. The highest BCUT2D eigenvalue weighted by Crippen LogP contribution is 2.41. The summed E-state index contributed by atoms with van der Waals surface area (Å²) >= 11 is 6.33. The van der Waals surface area contributed by atoms with Crippen LogP contribution in [-0.4, -0.2) is 56.8 Å². The zero-order chi connectivity index (χ0) is 29.8. The number of piperidine rings is 1. The highest BCUT2D eigenvalue weighted by molar-refractivity contribution is 6.32. The van der Waals surface area contributed by atoms with Crippen molar-refractivity contribution in [3.05, 3.63) is 65.2 Å². The number of fused-ring (bicyclic) bond motifs is 2. The lowest BCUT2D eigenvalue weighted by Crippen LogP contribution is -2.42. The van der Waals surface area contributed by atoms with Gasteiger partial charge in [-0.15, -0.1) is 0 Å². The number of methoxy groups -OCH3 is 1. The number of halogens is 1. The van der Waals surface area contributed by atoms with Crippen molar-refractivity contribution in [2.75, 3.05) is 26.7 Å². The third-order valence-corrected chi connectivity index (χ3v) is 9.39. The fourth-order valence-electron chi connectivity index (χ4n) is 6.61. The van der Waals surface area contributed by atoms with E-state index in [1.807, 2.05) is 36.2 Å². The molecule has 2 aromatic heterocycles. The molecule has 1 aliphatic carbocycles. The Morgan fingerprint density at radius 1 is 1.09 bits per heavy atom. The summed E-state index contributed by atoms with van der Waals surface area (Å²) in [6, 6.07) is 17.6. The Kier molecular flexibility index (Phi) is 7.06. The van der Waals surface area contributed by atoms with Crippen LogP contribution in [0.2, 0.25) is 5.02 Å². The van der Waals surface area contributed by atoms with Crippen LogP contribution < -0.4 is 10.5 Å². The van der Waals surface area contributed by atoms with E-state index in [1.165, 1.54) is 12.8 Å². The molecular weight excluding hydrogens is 562 g/mol. The summed E-state index contributed by atoms with van der Waals surface area (Å²) < 4.78 is 10.3. The van der Waals surface area contributed by atoms with E-state index in [1.54, 1.807) is 13.2 Å². The third kappa shape index (κ3) is 4.92. The minimum atomic E-state index is -0.00870. The van der Waals surface area contributed by atoms with Gasteiger partial charge in [-0.3, -0.25) is 4.79 Å². The number of ether oxygens (including phenoxy) is 1. The number of carbonyl (C=O) groups excluding carboxylic acids is 1. The average molecular weight is 598 g/mol. The molecule has 43 heavy (non-hydrogen) atoms. The van der Waals surface area contributed by atoms with Crippen LogP contribution in [0.5, 0.6) is 11.5 Å². The Hall–Kier alpha value is -4.01. The summed E-state index contributed by atoms with van der Waals surface area (Å²) in [6.07, 6.45) is 4.43. The highest BCUT2D eigenvalue weighted by atomic mass is 35.5. The van der Waals surface area contributed by atoms with Gasteiger partial charge < -0.3 is 29.6 Å². The van der Waals surface area contributed by atoms with Crippen LogP contribution in [-0.2, 0) is 13.6 Å². The van der Waals surface area contributed by atoms with Gasteiger partial charge >= 0.3 is 0 Å². The topological polar surface area (TPSA) is 98.5 Å². The maximum absolute atomic E-state index is 13.6. The molecule has 1 amide bonds. The lowest BCUT2D eigenvalue weighted by atomic mass is 9.97. The monoisotopic (exact) mass is 597 g/mol. The summed E-state index contributed by atoms with van der Waals surface area (Å²) in [4.78, 5) is 20.7. The molecule has 222 valence electrons. The number of amides is 1. The second kappa shape index (κ2) is 10.9. The number of aromatic nitrogens is 3. The van der Waals surface area contributed by atoms with E-state index in [4.69, 9.17) is 27.1 Å². The van der Waals surface area contributed by atoms with E-state index >= 15 is 0 Å². The number of nitrogens with zero attached hydrogens (tertiary/aromatic N) is 4. The summed E-state index contributed by atoms with van der Waals surface area (Å²) in [6.45, 7) is 2.88. The van der Waals surface area contributed by atoms with Gasteiger partial charge in [0.15, 0.2) is 5.82 Å². The van der Waals surface area contributed by atoms with E-state index in [2.05, 4.69) is 33.4 Å². The average Bonchev–Trinajstić information content (AvgIpc) is 3.69. The summed E-state index contributed by atoms with van der Waals surface area (Å²) in [5.41, 5.74) is 12.2. The van der Waals surface area contributed by atoms with Gasteiger partial charge in [-0.1, -0.05) is 35.9 Å². The number of para-hydroxylation sites is 1. The third-order valence-electron chi connectivity index (χ3n) is 9.09. The standard InChI is InChI=1S/C34H36ClN5O3/c1-38-32-27(14-24(16-30(32)43-2)34(42)39-12-4-5-21(17-36)18-39)37-33(38)28-15-23-6-3-7-25(22-10-11-29(41)26(35)13-22)31(23)40(28)19-20-8-9-20/h3,6-7,10-11,13-16,20-21,41H,4-5,8-9,12,17-19,36H2,1-2H3/t21-/m0/s1. The molecule has 1 atom stereocenters. The maximum atomic E-state index is 13.6. The molecule has 3 heterocycles. The van der Waals surface area contributed by atoms with Crippen LogP contribution in [0.4, 0.5) is 0 Å². The molecule has 0 spiro atoms. The lowest BCUT2D eigenvalue weighted by molar-refractivity contribution is 0.0678. The predicted octanol–water partition coefficient (Wildman–Crippen LogP) is 6.45. The van der Waals surface area contributed by atoms with Crippen molar-refractivity contribution in [2.24, 2.45) is 24.6 Å². The first kappa shape index (κ1) is 27.8. The molecule has 1 saturated carbocycles. The Balaban J connectivity index is 1.37. The zero-order valence-corrected chi connectivity index (χ0v) is 25.3. The smallest absolute Gasteiger partial charge is 0.254 e.